The first kappa shape index (κ1) is 20.8. The third kappa shape index (κ3) is 4.68. The molecule has 8 nitrogen and oxygen atoms in total. The molecule has 1 amide bonds. The van der Waals surface area contributed by atoms with E-state index in [1.54, 1.807) is 24.1 Å². The first-order valence-corrected chi connectivity index (χ1v) is 10.6. The number of carbonyl (C=O) groups excluding carboxylic acids is 1. The van der Waals surface area contributed by atoms with Crippen molar-refractivity contribution in [1.29, 1.82) is 0 Å². The second-order valence-corrected chi connectivity index (χ2v) is 8.07. The molecule has 0 aliphatic rings. The molecular formula is C22H22N6O2S. The number of aromatic nitrogens is 5. The van der Waals surface area contributed by atoms with Crippen LogP contribution in [-0.2, 0) is 11.3 Å². The van der Waals surface area contributed by atoms with Gasteiger partial charge in [-0.2, -0.15) is 4.68 Å². The van der Waals surface area contributed by atoms with E-state index < -0.39 is 0 Å². The molecule has 4 aromatic rings. The number of tetrazole rings is 1. The molecule has 0 aliphatic heterocycles. The monoisotopic (exact) mass is 434 g/mol. The molecule has 0 fully saturated rings. The van der Waals surface area contributed by atoms with E-state index >= 15 is 0 Å². The maximum absolute atomic E-state index is 13.1. The molecule has 31 heavy (non-hydrogen) atoms. The Balaban J connectivity index is 1.74. The predicted octanol–water partition coefficient (Wildman–Crippen LogP) is 3.73. The van der Waals surface area contributed by atoms with Crippen LogP contribution < -0.4 is 5.32 Å². The van der Waals surface area contributed by atoms with Crippen molar-refractivity contribution in [3.8, 4) is 16.8 Å². The van der Waals surface area contributed by atoms with Gasteiger partial charge in [0.1, 0.15) is 11.6 Å². The minimum atomic E-state index is -0.198. The fourth-order valence-corrected chi connectivity index (χ4v) is 3.84. The molecular weight excluding hydrogens is 412 g/mol. The van der Waals surface area contributed by atoms with Crippen LogP contribution in [0, 0.1) is 6.92 Å². The quantitative estimate of drug-likeness (QED) is 0.476. The van der Waals surface area contributed by atoms with E-state index in [-0.39, 0.29) is 18.6 Å². The molecule has 2 heterocycles. The average Bonchev–Trinajstić information content (AvgIpc) is 3.46. The molecule has 1 N–H and O–H groups in total. The molecule has 0 spiro atoms. The summed E-state index contributed by atoms with van der Waals surface area (Å²) in [5.41, 5.74) is 4.25. The average molecular weight is 435 g/mol. The topological polar surface area (TPSA) is 94.8 Å². The predicted molar refractivity (Wildman–Crippen MR) is 118 cm³/mol. The van der Waals surface area contributed by atoms with Crippen LogP contribution in [0.4, 0.5) is 0 Å². The Bertz CT molecular complexity index is 1170. The molecule has 4 rings (SSSR count). The number of benzene rings is 2. The summed E-state index contributed by atoms with van der Waals surface area (Å²) < 4.78 is 6.79. The molecule has 9 heteroatoms. The second-order valence-electron chi connectivity index (χ2n) is 7.14. The van der Waals surface area contributed by atoms with Crippen molar-refractivity contribution in [2.45, 2.75) is 26.5 Å². The normalized spacial score (nSPS) is 12.0. The Kier molecular flexibility index (Phi) is 6.15. The van der Waals surface area contributed by atoms with Crippen molar-refractivity contribution in [2.24, 2.45) is 0 Å². The van der Waals surface area contributed by atoms with Gasteiger partial charge < -0.3 is 10.1 Å². The molecule has 0 saturated heterocycles. The molecule has 1 unspecified atom stereocenters. The number of thiazole rings is 1. The third-order valence-corrected chi connectivity index (χ3v) is 5.74. The lowest BCUT2D eigenvalue weighted by molar-refractivity contribution is 0.0940. The van der Waals surface area contributed by atoms with Crippen molar-refractivity contribution in [3.63, 3.8) is 0 Å². The van der Waals surface area contributed by atoms with E-state index in [0.29, 0.717) is 17.1 Å². The van der Waals surface area contributed by atoms with Crippen LogP contribution >= 0.6 is 11.3 Å². The van der Waals surface area contributed by atoms with Crippen LogP contribution in [-0.4, -0.2) is 38.2 Å². The maximum atomic E-state index is 13.1. The fraction of sp³-hybridized carbons (Fsp3) is 0.227. The lowest BCUT2D eigenvalue weighted by Crippen LogP contribution is -2.26. The summed E-state index contributed by atoms with van der Waals surface area (Å²) in [6, 6.07) is 13.6. The van der Waals surface area contributed by atoms with Crippen molar-refractivity contribution in [2.75, 3.05) is 7.11 Å². The molecule has 2 aromatic heterocycles. The summed E-state index contributed by atoms with van der Waals surface area (Å²) in [6.45, 7) is 4.21. The maximum Gasteiger partial charge on any atom is 0.251 e. The van der Waals surface area contributed by atoms with Crippen molar-refractivity contribution < 1.29 is 9.53 Å². The number of methoxy groups -OCH3 is 1. The lowest BCUT2D eigenvalue weighted by Gasteiger charge is -2.14. The summed E-state index contributed by atoms with van der Waals surface area (Å²) >= 11 is 1.51. The van der Waals surface area contributed by atoms with E-state index in [1.807, 2.05) is 55.6 Å². The summed E-state index contributed by atoms with van der Waals surface area (Å²) in [4.78, 5) is 17.4. The van der Waals surface area contributed by atoms with Gasteiger partial charge in [0.2, 0.25) is 0 Å². The number of nitrogens with one attached hydrogen (secondary N) is 1. The lowest BCUT2D eigenvalue weighted by atomic mass is 10.0. The molecule has 0 bridgehead atoms. The first-order valence-electron chi connectivity index (χ1n) is 9.74. The minimum Gasteiger partial charge on any atom is -0.377 e. The van der Waals surface area contributed by atoms with Gasteiger partial charge in [-0.25, -0.2) is 4.98 Å². The molecule has 0 saturated carbocycles. The number of aryl methyl sites for hydroxylation is 1. The highest BCUT2D eigenvalue weighted by Gasteiger charge is 2.17. The summed E-state index contributed by atoms with van der Waals surface area (Å²) in [5.74, 6) is 0.352. The van der Waals surface area contributed by atoms with Crippen molar-refractivity contribution in [1.82, 2.24) is 30.5 Å². The number of ether oxygens (including phenoxy) is 1. The summed E-state index contributed by atoms with van der Waals surface area (Å²) in [7, 11) is 1.58. The number of rotatable bonds is 7. The number of carbonyl (C=O) groups is 1. The highest BCUT2D eigenvalue weighted by Crippen LogP contribution is 2.26. The van der Waals surface area contributed by atoms with Crippen LogP contribution in [0.3, 0.4) is 0 Å². The van der Waals surface area contributed by atoms with Gasteiger partial charge in [-0.15, -0.1) is 16.4 Å². The van der Waals surface area contributed by atoms with Gasteiger partial charge in [0.25, 0.3) is 5.91 Å². The van der Waals surface area contributed by atoms with E-state index in [4.69, 9.17) is 4.74 Å². The Morgan fingerprint density at radius 1 is 1.19 bits per heavy atom. The van der Waals surface area contributed by atoms with E-state index in [0.717, 1.165) is 21.7 Å². The number of nitrogens with zero attached hydrogens (tertiary/aromatic N) is 5. The molecule has 1 atom stereocenters. The Morgan fingerprint density at radius 2 is 2.00 bits per heavy atom. The minimum absolute atomic E-state index is 0.195. The molecule has 158 valence electrons. The van der Waals surface area contributed by atoms with Gasteiger partial charge in [0.05, 0.1) is 11.7 Å². The zero-order valence-corrected chi connectivity index (χ0v) is 18.3. The van der Waals surface area contributed by atoms with Crippen molar-refractivity contribution in [3.05, 3.63) is 76.0 Å². The summed E-state index contributed by atoms with van der Waals surface area (Å²) in [5, 5.41) is 17.6. The third-order valence-electron chi connectivity index (χ3n) is 4.79. The number of amides is 1. The van der Waals surface area contributed by atoms with E-state index in [9.17, 15) is 4.79 Å². The van der Waals surface area contributed by atoms with Crippen molar-refractivity contribution >= 4 is 17.2 Å². The van der Waals surface area contributed by atoms with Gasteiger partial charge in [-0.05, 0) is 53.6 Å². The van der Waals surface area contributed by atoms with Gasteiger partial charge in [-0.1, -0.05) is 29.8 Å². The highest BCUT2D eigenvalue weighted by molar-refractivity contribution is 7.09. The Labute approximate surface area is 183 Å². The standard InChI is InChI=1S/C22H22N6O2S/c1-14-4-6-16(7-5-14)17-10-18(21(29)24-15(2)22-23-8-9-31-22)12-19(11-17)28-20(13-30-3)25-26-27-28/h4-12,15H,13H2,1-3H3,(H,24,29). The fourth-order valence-electron chi connectivity index (χ4n) is 3.19. The van der Waals surface area contributed by atoms with Gasteiger partial charge in [-0.3, -0.25) is 4.79 Å². The Hall–Kier alpha value is -3.43. The highest BCUT2D eigenvalue weighted by atomic mass is 32.1. The van der Waals surface area contributed by atoms with Crippen LogP contribution in [0.1, 0.15) is 39.7 Å². The van der Waals surface area contributed by atoms with E-state index in [2.05, 4.69) is 25.8 Å². The molecule has 0 radical (unpaired) electrons. The Morgan fingerprint density at radius 3 is 2.71 bits per heavy atom. The van der Waals surface area contributed by atoms with Gasteiger partial charge in [0, 0.05) is 24.3 Å². The first-order chi connectivity index (χ1) is 15.0. The number of hydrogen-bond acceptors (Lipinski definition) is 7. The van der Waals surface area contributed by atoms with Gasteiger partial charge in [0.15, 0.2) is 5.82 Å². The van der Waals surface area contributed by atoms with Crippen LogP contribution in [0.25, 0.3) is 16.8 Å². The van der Waals surface area contributed by atoms with Crippen LogP contribution in [0.15, 0.2) is 54.0 Å². The second kappa shape index (κ2) is 9.15. The zero-order chi connectivity index (χ0) is 21.8. The summed E-state index contributed by atoms with van der Waals surface area (Å²) in [6.07, 6.45) is 1.73. The van der Waals surface area contributed by atoms with Crippen LogP contribution in [0.5, 0.6) is 0 Å². The molecule has 2 aromatic carbocycles. The van der Waals surface area contributed by atoms with Crippen LogP contribution in [0.2, 0.25) is 0 Å². The molecule has 0 aliphatic carbocycles. The smallest absolute Gasteiger partial charge is 0.251 e. The van der Waals surface area contributed by atoms with E-state index in [1.165, 1.54) is 11.3 Å². The van der Waals surface area contributed by atoms with Gasteiger partial charge >= 0.3 is 0 Å². The zero-order valence-electron chi connectivity index (χ0n) is 17.4. The largest absolute Gasteiger partial charge is 0.377 e. The number of hydrogen-bond donors (Lipinski definition) is 1. The SMILES string of the molecule is COCc1nnnn1-c1cc(C(=O)NC(C)c2nccs2)cc(-c2ccc(C)cc2)c1.